The Kier molecular flexibility index (Phi) is 5.60. The van der Waals surface area contributed by atoms with Gasteiger partial charge in [-0.3, -0.25) is 0 Å². The minimum Gasteiger partial charge on any atom is -0.313 e. The highest BCUT2D eigenvalue weighted by Crippen LogP contribution is 2.16. The molecule has 0 amide bonds. The van der Waals surface area contributed by atoms with E-state index in [1.165, 1.54) is 12.8 Å². The first-order chi connectivity index (χ1) is 9.47. The predicted octanol–water partition coefficient (Wildman–Crippen LogP) is 1.91. The van der Waals surface area contributed by atoms with Gasteiger partial charge in [-0.15, -0.1) is 0 Å². The fourth-order valence-corrected chi connectivity index (χ4v) is 4.02. The SMILES string of the molecule is CN(CCS(=O)(=O)c1ccc(Br)cc1)CC1CCCN1. The summed E-state index contributed by atoms with van der Waals surface area (Å²) in [6.07, 6.45) is 2.40. The second-order valence-corrected chi connectivity index (χ2v) is 8.35. The second kappa shape index (κ2) is 7.02. The summed E-state index contributed by atoms with van der Waals surface area (Å²) in [5, 5.41) is 3.43. The molecule has 0 saturated carbocycles. The monoisotopic (exact) mass is 360 g/mol. The maximum absolute atomic E-state index is 12.2. The van der Waals surface area contributed by atoms with Gasteiger partial charge in [0.2, 0.25) is 0 Å². The molecule has 0 aliphatic carbocycles. The van der Waals surface area contributed by atoms with E-state index >= 15 is 0 Å². The molecule has 1 aliphatic rings. The Hall–Kier alpha value is -0.430. The average Bonchev–Trinajstić information content (AvgIpc) is 2.90. The average molecular weight is 361 g/mol. The number of rotatable bonds is 6. The van der Waals surface area contributed by atoms with Gasteiger partial charge in [-0.25, -0.2) is 8.42 Å². The van der Waals surface area contributed by atoms with Gasteiger partial charge >= 0.3 is 0 Å². The van der Waals surface area contributed by atoms with Gasteiger partial charge in [0.1, 0.15) is 0 Å². The van der Waals surface area contributed by atoms with E-state index in [4.69, 9.17) is 0 Å². The van der Waals surface area contributed by atoms with E-state index in [0.717, 1.165) is 17.6 Å². The van der Waals surface area contributed by atoms with Gasteiger partial charge in [-0.2, -0.15) is 0 Å². The first-order valence-electron chi connectivity index (χ1n) is 6.87. The smallest absolute Gasteiger partial charge is 0.179 e. The molecule has 1 aromatic rings. The molecular formula is C14H21BrN2O2S. The molecule has 0 spiro atoms. The minimum atomic E-state index is -3.19. The molecule has 0 radical (unpaired) electrons. The van der Waals surface area contributed by atoms with Gasteiger partial charge in [0.15, 0.2) is 9.84 Å². The zero-order valence-corrected chi connectivity index (χ0v) is 14.1. The molecule has 1 aromatic carbocycles. The zero-order valence-electron chi connectivity index (χ0n) is 11.7. The lowest BCUT2D eigenvalue weighted by molar-refractivity contribution is 0.315. The van der Waals surface area contributed by atoms with Crippen LogP contribution < -0.4 is 5.32 Å². The standard InChI is InChI=1S/C14H21BrN2O2S/c1-17(11-13-3-2-8-16-13)9-10-20(18,19)14-6-4-12(15)5-7-14/h4-7,13,16H,2-3,8-11H2,1H3. The molecule has 1 atom stereocenters. The third kappa shape index (κ3) is 4.55. The lowest BCUT2D eigenvalue weighted by atomic mass is 10.2. The summed E-state index contributed by atoms with van der Waals surface area (Å²) in [6, 6.07) is 7.34. The van der Waals surface area contributed by atoms with Crippen molar-refractivity contribution in [2.75, 3.05) is 32.4 Å². The van der Waals surface area contributed by atoms with Gasteiger partial charge in [0.25, 0.3) is 0 Å². The number of likely N-dealkylation sites (N-methyl/N-ethyl adjacent to an activating group) is 1. The highest BCUT2D eigenvalue weighted by Gasteiger charge is 2.18. The molecular weight excluding hydrogens is 340 g/mol. The van der Waals surface area contributed by atoms with Crippen LogP contribution in [0.25, 0.3) is 0 Å². The second-order valence-electron chi connectivity index (χ2n) is 5.33. The third-order valence-corrected chi connectivity index (χ3v) is 5.85. The van der Waals surface area contributed by atoms with Gasteiger partial charge < -0.3 is 10.2 Å². The molecule has 0 aromatic heterocycles. The van der Waals surface area contributed by atoms with Crippen LogP contribution in [0, 0.1) is 0 Å². The molecule has 0 bridgehead atoms. The predicted molar refractivity (Wildman–Crippen MR) is 84.7 cm³/mol. The quantitative estimate of drug-likeness (QED) is 0.841. The van der Waals surface area contributed by atoms with E-state index in [9.17, 15) is 8.42 Å². The van der Waals surface area contributed by atoms with Crippen LogP contribution in [0.1, 0.15) is 12.8 Å². The number of halogens is 1. The summed E-state index contributed by atoms with van der Waals surface area (Å²) in [5.74, 6) is 0.165. The molecule has 1 aliphatic heterocycles. The van der Waals surface area contributed by atoms with E-state index in [1.54, 1.807) is 24.3 Å². The van der Waals surface area contributed by atoms with Gasteiger partial charge in [-0.1, -0.05) is 15.9 Å². The minimum absolute atomic E-state index is 0.165. The van der Waals surface area contributed by atoms with E-state index in [1.807, 2.05) is 7.05 Å². The van der Waals surface area contributed by atoms with Crippen molar-refractivity contribution in [3.8, 4) is 0 Å². The van der Waals surface area contributed by atoms with Gasteiger partial charge in [-0.05, 0) is 50.7 Å². The number of benzene rings is 1. The van der Waals surface area contributed by atoms with E-state index < -0.39 is 9.84 Å². The highest BCUT2D eigenvalue weighted by atomic mass is 79.9. The molecule has 2 rings (SSSR count). The number of nitrogens with one attached hydrogen (secondary N) is 1. The number of nitrogens with zero attached hydrogens (tertiary/aromatic N) is 1. The Bertz CT molecular complexity index is 525. The molecule has 1 heterocycles. The lowest BCUT2D eigenvalue weighted by Crippen LogP contribution is -2.37. The number of hydrogen-bond donors (Lipinski definition) is 1. The Balaban J connectivity index is 1.86. The molecule has 1 saturated heterocycles. The Labute approximate surface area is 129 Å². The first-order valence-corrected chi connectivity index (χ1v) is 9.32. The summed E-state index contributed by atoms with van der Waals surface area (Å²) < 4.78 is 25.3. The molecule has 1 unspecified atom stereocenters. The van der Waals surface area contributed by atoms with Crippen molar-refractivity contribution in [3.63, 3.8) is 0 Å². The fraction of sp³-hybridized carbons (Fsp3) is 0.571. The summed E-state index contributed by atoms with van der Waals surface area (Å²) in [7, 11) is -1.21. The maximum atomic E-state index is 12.2. The first kappa shape index (κ1) is 15.9. The van der Waals surface area contributed by atoms with Crippen LogP contribution >= 0.6 is 15.9 Å². The largest absolute Gasteiger partial charge is 0.313 e. The molecule has 112 valence electrons. The van der Waals surface area contributed by atoms with Crippen molar-refractivity contribution in [1.82, 2.24) is 10.2 Å². The Morgan fingerprint density at radius 3 is 2.65 bits per heavy atom. The van der Waals surface area contributed by atoms with Crippen molar-refractivity contribution in [2.45, 2.75) is 23.8 Å². The molecule has 1 N–H and O–H groups in total. The molecule has 1 fully saturated rings. The van der Waals surface area contributed by atoms with Gasteiger partial charge in [0.05, 0.1) is 10.6 Å². The molecule has 4 nitrogen and oxygen atoms in total. The van der Waals surface area contributed by atoms with Crippen LogP contribution in [0.3, 0.4) is 0 Å². The topological polar surface area (TPSA) is 49.4 Å². The van der Waals surface area contributed by atoms with Crippen molar-refractivity contribution in [2.24, 2.45) is 0 Å². The van der Waals surface area contributed by atoms with Crippen LogP contribution in [0.5, 0.6) is 0 Å². The van der Waals surface area contributed by atoms with Crippen molar-refractivity contribution in [1.29, 1.82) is 0 Å². The highest BCUT2D eigenvalue weighted by molar-refractivity contribution is 9.10. The van der Waals surface area contributed by atoms with E-state index in [0.29, 0.717) is 17.5 Å². The van der Waals surface area contributed by atoms with Crippen molar-refractivity contribution in [3.05, 3.63) is 28.7 Å². The molecule has 6 heteroatoms. The summed E-state index contributed by atoms with van der Waals surface area (Å²) >= 11 is 3.31. The molecule has 20 heavy (non-hydrogen) atoms. The Morgan fingerprint density at radius 2 is 2.05 bits per heavy atom. The van der Waals surface area contributed by atoms with Crippen molar-refractivity contribution < 1.29 is 8.42 Å². The van der Waals surface area contributed by atoms with Crippen LogP contribution in [0.15, 0.2) is 33.6 Å². The lowest BCUT2D eigenvalue weighted by Gasteiger charge is -2.20. The van der Waals surface area contributed by atoms with E-state index in [2.05, 4.69) is 26.1 Å². The van der Waals surface area contributed by atoms with Crippen LogP contribution in [0.2, 0.25) is 0 Å². The summed E-state index contributed by atoms with van der Waals surface area (Å²) in [5.41, 5.74) is 0. The van der Waals surface area contributed by atoms with Crippen LogP contribution in [-0.2, 0) is 9.84 Å². The fourth-order valence-electron chi connectivity index (χ4n) is 2.42. The normalized spacial score (nSPS) is 19.6. The number of hydrogen-bond acceptors (Lipinski definition) is 4. The number of sulfone groups is 1. The van der Waals surface area contributed by atoms with Gasteiger partial charge in [0, 0.05) is 23.6 Å². The summed E-state index contributed by atoms with van der Waals surface area (Å²) in [4.78, 5) is 2.49. The maximum Gasteiger partial charge on any atom is 0.179 e. The van der Waals surface area contributed by atoms with Crippen molar-refractivity contribution >= 4 is 25.8 Å². The van der Waals surface area contributed by atoms with Crippen LogP contribution in [-0.4, -0.2) is 51.8 Å². The van der Waals surface area contributed by atoms with Crippen LogP contribution in [0.4, 0.5) is 0 Å². The van der Waals surface area contributed by atoms with E-state index in [-0.39, 0.29) is 5.75 Å². The Morgan fingerprint density at radius 1 is 1.35 bits per heavy atom. The summed E-state index contributed by atoms with van der Waals surface area (Å²) in [6.45, 7) is 2.56. The zero-order chi connectivity index (χ0) is 14.6. The third-order valence-electron chi connectivity index (χ3n) is 3.61.